The molecule has 0 saturated carbocycles. The van der Waals surface area contributed by atoms with Crippen LogP contribution in [0.3, 0.4) is 0 Å². The average Bonchev–Trinajstić information content (AvgIpc) is 2.99. The number of nitrogens with one attached hydrogen (secondary N) is 1. The lowest BCUT2D eigenvalue weighted by Crippen LogP contribution is -2.45. The largest absolute Gasteiger partial charge is 0.354 e. The molecular formula is C17H18ClFN2OS. The lowest BCUT2D eigenvalue weighted by Gasteiger charge is -2.38. The Morgan fingerprint density at radius 2 is 2.22 bits per heavy atom. The van der Waals surface area contributed by atoms with Crippen LogP contribution in [0.2, 0.25) is 5.02 Å². The maximum atomic E-state index is 13.8. The van der Waals surface area contributed by atoms with Crippen LogP contribution >= 0.6 is 22.9 Å². The van der Waals surface area contributed by atoms with E-state index in [0.717, 1.165) is 13.1 Å². The Bertz CT molecular complexity index is 653. The van der Waals surface area contributed by atoms with Crippen molar-refractivity contribution in [2.45, 2.75) is 18.9 Å². The Morgan fingerprint density at radius 3 is 2.83 bits per heavy atom. The molecule has 3 rings (SSSR count). The molecule has 2 heterocycles. The molecule has 1 aromatic heterocycles. The van der Waals surface area contributed by atoms with Gasteiger partial charge in [-0.05, 0) is 40.9 Å². The molecule has 0 aliphatic carbocycles. The highest BCUT2D eigenvalue weighted by Gasteiger charge is 2.26. The Morgan fingerprint density at radius 1 is 1.39 bits per heavy atom. The fourth-order valence-electron chi connectivity index (χ4n) is 2.71. The van der Waals surface area contributed by atoms with Crippen molar-refractivity contribution in [2.75, 3.05) is 19.6 Å². The molecule has 1 atom stereocenters. The smallest absolute Gasteiger partial charge is 0.224 e. The first kappa shape index (κ1) is 16.4. The molecule has 122 valence electrons. The van der Waals surface area contributed by atoms with E-state index in [1.54, 1.807) is 17.4 Å². The number of nitrogens with zero attached hydrogens (tertiary/aromatic N) is 1. The number of amides is 1. The molecular weight excluding hydrogens is 335 g/mol. The third-order valence-corrected chi connectivity index (χ3v) is 5.21. The maximum Gasteiger partial charge on any atom is 0.224 e. The van der Waals surface area contributed by atoms with E-state index >= 15 is 0 Å². The zero-order valence-corrected chi connectivity index (χ0v) is 14.2. The van der Waals surface area contributed by atoms with E-state index in [2.05, 4.69) is 21.7 Å². The molecule has 2 aromatic rings. The molecule has 1 fully saturated rings. The van der Waals surface area contributed by atoms with Crippen LogP contribution in [0.5, 0.6) is 0 Å². The maximum absolute atomic E-state index is 13.8. The summed E-state index contributed by atoms with van der Waals surface area (Å²) in [6.45, 7) is 2.63. The van der Waals surface area contributed by atoms with Crippen molar-refractivity contribution in [3.63, 3.8) is 0 Å². The van der Waals surface area contributed by atoms with Crippen molar-refractivity contribution >= 4 is 28.8 Å². The molecule has 1 N–H and O–H groups in total. The molecule has 1 aromatic carbocycles. The predicted octanol–water partition coefficient (Wildman–Crippen LogP) is 3.65. The molecule has 0 radical (unpaired) electrons. The molecule has 6 heteroatoms. The summed E-state index contributed by atoms with van der Waals surface area (Å²) in [6, 6.07) is 6.74. The van der Waals surface area contributed by atoms with Crippen molar-refractivity contribution in [3.8, 4) is 0 Å². The zero-order valence-electron chi connectivity index (χ0n) is 12.6. The fourth-order valence-corrected chi connectivity index (χ4v) is 3.65. The van der Waals surface area contributed by atoms with Crippen molar-refractivity contribution in [3.05, 3.63) is 57.0 Å². The second-order valence-electron chi connectivity index (χ2n) is 5.64. The Kier molecular flexibility index (Phi) is 5.30. The molecule has 23 heavy (non-hydrogen) atoms. The van der Waals surface area contributed by atoms with Gasteiger partial charge in [0, 0.05) is 30.2 Å². The van der Waals surface area contributed by atoms with Crippen molar-refractivity contribution in [1.29, 1.82) is 0 Å². The van der Waals surface area contributed by atoms with E-state index in [0.29, 0.717) is 6.54 Å². The number of carbonyl (C=O) groups excluding carboxylic acids is 1. The second-order valence-corrected chi connectivity index (χ2v) is 6.83. The number of rotatable bonds is 6. The summed E-state index contributed by atoms with van der Waals surface area (Å²) >= 11 is 7.63. The highest BCUT2D eigenvalue weighted by molar-refractivity contribution is 7.07. The number of carbonyl (C=O) groups is 1. The van der Waals surface area contributed by atoms with Gasteiger partial charge in [-0.1, -0.05) is 17.7 Å². The summed E-state index contributed by atoms with van der Waals surface area (Å²) in [6.07, 6.45) is 1.15. The SMILES string of the molecule is O=C(Cc1c(F)cccc1Cl)NC[C@@H](c1ccsc1)N1CCC1. The van der Waals surface area contributed by atoms with Gasteiger partial charge >= 0.3 is 0 Å². The fraction of sp³-hybridized carbons (Fsp3) is 0.353. The van der Waals surface area contributed by atoms with Crippen LogP contribution in [-0.2, 0) is 11.2 Å². The normalized spacial score (nSPS) is 15.9. The highest BCUT2D eigenvalue weighted by atomic mass is 35.5. The van der Waals surface area contributed by atoms with Gasteiger partial charge in [0.15, 0.2) is 0 Å². The van der Waals surface area contributed by atoms with Gasteiger partial charge in [-0.3, -0.25) is 9.69 Å². The van der Waals surface area contributed by atoms with Crippen LogP contribution in [0.1, 0.15) is 23.6 Å². The average molecular weight is 353 g/mol. The van der Waals surface area contributed by atoms with Gasteiger partial charge in [-0.25, -0.2) is 4.39 Å². The minimum atomic E-state index is -0.440. The van der Waals surface area contributed by atoms with E-state index in [-0.39, 0.29) is 29.0 Å². The second kappa shape index (κ2) is 7.43. The third-order valence-electron chi connectivity index (χ3n) is 4.15. The minimum Gasteiger partial charge on any atom is -0.354 e. The third kappa shape index (κ3) is 3.91. The van der Waals surface area contributed by atoms with Crippen LogP contribution in [-0.4, -0.2) is 30.4 Å². The van der Waals surface area contributed by atoms with Gasteiger partial charge in [0.05, 0.1) is 12.5 Å². The quantitative estimate of drug-likeness (QED) is 0.860. The van der Waals surface area contributed by atoms with Gasteiger partial charge in [0.2, 0.25) is 5.91 Å². The summed E-state index contributed by atoms with van der Waals surface area (Å²) in [5, 5.41) is 7.37. The number of halogens is 2. The van der Waals surface area contributed by atoms with Crippen LogP contribution < -0.4 is 5.32 Å². The first-order valence-electron chi connectivity index (χ1n) is 7.61. The van der Waals surface area contributed by atoms with Crippen LogP contribution in [0.15, 0.2) is 35.0 Å². The van der Waals surface area contributed by atoms with E-state index < -0.39 is 5.82 Å². The Labute approximate surface area is 144 Å². The molecule has 0 unspecified atom stereocenters. The molecule has 1 amide bonds. The van der Waals surface area contributed by atoms with Gasteiger partial charge < -0.3 is 5.32 Å². The van der Waals surface area contributed by atoms with Crippen molar-refractivity contribution in [2.24, 2.45) is 0 Å². The van der Waals surface area contributed by atoms with E-state index in [4.69, 9.17) is 11.6 Å². The standard InChI is InChI=1S/C17H18ClFN2OS/c18-14-3-1-4-15(19)13(14)9-17(22)20-10-16(21-6-2-7-21)12-5-8-23-11-12/h1,3-5,8,11,16H,2,6-7,9-10H2,(H,20,22)/t16-/m0/s1. The van der Waals surface area contributed by atoms with E-state index in [9.17, 15) is 9.18 Å². The number of likely N-dealkylation sites (tertiary alicyclic amines) is 1. The Balaban J connectivity index is 1.61. The predicted molar refractivity (Wildman–Crippen MR) is 91.4 cm³/mol. The lowest BCUT2D eigenvalue weighted by atomic mass is 10.0. The minimum absolute atomic E-state index is 0.0398. The monoisotopic (exact) mass is 352 g/mol. The van der Waals surface area contributed by atoms with E-state index in [1.807, 2.05) is 5.38 Å². The summed E-state index contributed by atoms with van der Waals surface area (Å²) in [4.78, 5) is 14.5. The van der Waals surface area contributed by atoms with Crippen molar-refractivity contribution < 1.29 is 9.18 Å². The summed E-state index contributed by atoms with van der Waals surface area (Å²) in [5.41, 5.74) is 1.47. The summed E-state index contributed by atoms with van der Waals surface area (Å²) < 4.78 is 13.8. The molecule has 3 nitrogen and oxygen atoms in total. The number of thiophene rings is 1. The highest BCUT2D eigenvalue weighted by Crippen LogP contribution is 2.27. The number of hydrogen-bond acceptors (Lipinski definition) is 3. The van der Waals surface area contributed by atoms with Gasteiger partial charge in [0.1, 0.15) is 5.82 Å². The molecule has 1 saturated heterocycles. The zero-order chi connectivity index (χ0) is 16.2. The summed E-state index contributed by atoms with van der Waals surface area (Å²) in [5.74, 6) is -0.650. The summed E-state index contributed by atoms with van der Waals surface area (Å²) in [7, 11) is 0. The van der Waals surface area contributed by atoms with Gasteiger partial charge in [-0.15, -0.1) is 0 Å². The van der Waals surface area contributed by atoms with Crippen LogP contribution in [0.25, 0.3) is 0 Å². The Hall–Kier alpha value is -1.43. The molecule has 0 bridgehead atoms. The van der Waals surface area contributed by atoms with Gasteiger partial charge in [-0.2, -0.15) is 11.3 Å². The molecule has 0 spiro atoms. The lowest BCUT2D eigenvalue weighted by molar-refractivity contribution is -0.120. The molecule has 1 aliphatic heterocycles. The molecule has 1 aliphatic rings. The first-order chi connectivity index (χ1) is 11.1. The van der Waals surface area contributed by atoms with Crippen LogP contribution in [0.4, 0.5) is 4.39 Å². The van der Waals surface area contributed by atoms with Gasteiger partial charge in [0.25, 0.3) is 0 Å². The number of benzene rings is 1. The van der Waals surface area contributed by atoms with E-state index in [1.165, 1.54) is 24.1 Å². The van der Waals surface area contributed by atoms with Crippen LogP contribution in [0, 0.1) is 5.82 Å². The number of hydrogen-bond donors (Lipinski definition) is 1. The first-order valence-corrected chi connectivity index (χ1v) is 8.93. The van der Waals surface area contributed by atoms with Crippen molar-refractivity contribution in [1.82, 2.24) is 10.2 Å². The topological polar surface area (TPSA) is 32.3 Å².